The third-order valence-corrected chi connectivity index (χ3v) is 3.87. The Balaban J connectivity index is 2.27. The Labute approximate surface area is 97.7 Å². The monoisotopic (exact) mass is 247 g/mol. The molecule has 4 nitrogen and oxygen atoms in total. The highest BCUT2D eigenvalue weighted by Gasteiger charge is 2.15. The minimum absolute atomic E-state index is 0.0500. The molecule has 94 valence electrons. The van der Waals surface area contributed by atoms with E-state index >= 15 is 0 Å². The summed E-state index contributed by atoms with van der Waals surface area (Å²) in [5, 5.41) is 2.93. The van der Waals surface area contributed by atoms with Crippen LogP contribution in [-0.2, 0) is 14.6 Å². The van der Waals surface area contributed by atoms with E-state index in [9.17, 15) is 13.2 Å². The van der Waals surface area contributed by atoms with E-state index in [1.54, 1.807) is 0 Å². The molecule has 0 aromatic heterocycles. The average molecular weight is 247 g/mol. The lowest BCUT2D eigenvalue weighted by molar-refractivity contribution is -0.121. The summed E-state index contributed by atoms with van der Waals surface area (Å²) in [6.45, 7) is 0. The molecular weight excluding hydrogens is 226 g/mol. The highest BCUT2D eigenvalue weighted by atomic mass is 32.2. The predicted molar refractivity (Wildman–Crippen MR) is 64.0 cm³/mol. The number of sulfone groups is 1. The van der Waals surface area contributed by atoms with Crippen LogP contribution in [-0.4, -0.2) is 32.4 Å². The van der Waals surface area contributed by atoms with Gasteiger partial charge in [0.15, 0.2) is 0 Å². The summed E-state index contributed by atoms with van der Waals surface area (Å²) in [6.07, 6.45) is 8.13. The lowest BCUT2D eigenvalue weighted by Gasteiger charge is -2.15. The first kappa shape index (κ1) is 13.5. The van der Waals surface area contributed by atoms with Crippen molar-refractivity contribution in [3.63, 3.8) is 0 Å². The SMILES string of the molecule is CS(=O)(=O)CCC(=O)NC1CCCCCC1. The summed E-state index contributed by atoms with van der Waals surface area (Å²) >= 11 is 0. The number of amides is 1. The quantitative estimate of drug-likeness (QED) is 0.761. The van der Waals surface area contributed by atoms with Crippen molar-refractivity contribution in [2.45, 2.75) is 51.0 Å². The number of hydrogen-bond donors (Lipinski definition) is 1. The largest absolute Gasteiger partial charge is 0.353 e. The number of nitrogens with one attached hydrogen (secondary N) is 1. The van der Waals surface area contributed by atoms with Gasteiger partial charge in [0.05, 0.1) is 5.75 Å². The van der Waals surface area contributed by atoms with Crippen LogP contribution in [0.5, 0.6) is 0 Å². The van der Waals surface area contributed by atoms with Crippen LogP contribution in [0.15, 0.2) is 0 Å². The standard InChI is InChI=1S/C11H21NO3S/c1-16(14,15)9-8-11(13)12-10-6-4-2-3-5-7-10/h10H,2-9H2,1H3,(H,12,13). The summed E-state index contributed by atoms with van der Waals surface area (Å²) in [5.41, 5.74) is 0. The third kappa shape index (κ3) is 6.10. The summed E-state index contributed by atoms with van der Waals surface area (Å²) in [5.74, 6) is -0.178. The van der Waals surface area contributed by atoms with Crippen molar-refractivity contribution in [2.75, 3.05) is 12.0 Å². The van der Waals surface area contributed by atoms with E-state index in [1.165, 1.54) is 12.8 Å². The van der Waals surface area contributed by atoms with Gasteiger partial charge in [-0.15, -0.1) is 0 Å². The van der Waals surface area contributed by atoms with E-state index in [4.69, 9.17) is 0 Å². The minimum Gasteiger partial charge on any atom is -0.353 e. The number of hydrogen-bond acceptors (Lipinski definition) is 3. The van der Waals surface area contributed by atoms with E-state index < -0.39 is 9.84 Å². The molecule has 0 unspecified atom stereocenters. The Morgan fingerprint density at radius 3 is 2.25 bits per heavy atom. The van der Waals surface area contributed by atoms with Gasteiger partial charge in [-0.3, -0.25) is 4.79 Å². The molecule has 1 N–H and O–H groups in total. The fourth-order valence-electron chi connectivity index (χ4n) is 2.00. The maximum absolute atomic E-state index is 11.5. The second-order valence-electron chi connectivity index (χ2n) is 4.64. The third-order valence-electron chi connectivity index (χ3n) is 2.92. The number of carbonyl (C=O) groups is 1. The second kappa shape index (κ2) is 6.23. The van der Waals surface area contributed by atoms with Crippen LogP contribution >= 0.6 is 0 Å². The zero-order valence-electron chi connectivity index (χ0n) is 9.87. The molecule has 1 rings (SSSR count). The van der Waals surface area contributed by atoms with E-state index in [-0.39, 0.29) is 24.1 Å². The van der Waals surface area contributed by atoms with Crippen LogP contribution in [0.4, 0.5) is 0 Å². The second-order valence-corrected chi connectivity index (χ2v) is 6.90. The van der Waals surface area contributed by atoms with E-state index in [0.29, 0.717) is 0 Å². The van der Waals surface area contributed by atoms with Crippen molar-refractivity contribution in [2.24, 2.45) is 0 Å². The van der Waals surface area contributed by atoms with Gasteiger partial charge in [-0.1, -0.05) is 25.7 Å². The van der Waals surface area contributed by atoms with Crippen LogP contribution in [0, 0.1) is 0 Å². The van der Waals surface area contributed by atoms with Gasteiger partial charge in [-0.2, -0.15) is 0 Å². The van der Waals surface area contributed by atoms with Crippen molar-refractivity contribution in [1.29, 1.82) is 0 Å². The van der Waals surface area contributed by atoms with Crippen molar-refractivity contribution in [3.8, 4) is 0 Å². The maximum atomic E-state index is 11.5. The van der Waals surface area contributed by atoms with Gasteiger partial charge < -0.3 is 5.32 Å². The fraction of sp³-hybridized carbons (Fsp3) is 0.909. The zero-order chi connectivity index (χ0) is 12.0. The fourth-order valence-corrected chi connectivity index (χ4v) is 2.56. The summed E-state index contributed by atoms with van der Waals surface area (Å²) in [4.78, 5) is 11.5. The Hall–Kier alpha value is -0.580. The maximum Gasteiger partial charge on any atom is 0.221 e. The van der Waals surface area contributed by atoms with Gasteiger partial charge in [-0.25, -0.2) is 8.42 Å². The van der Waals surface area contributed by atoms with Crippen molar-refractivity contribution >= 4 is 15.7 Å². The van der Waals surface area contributed by atoms with Gasteiger partial charge in [0.1, 0.15) is 9.84 Å². The molecular formula is C11H21NO3S. The van der Waals surface area contributed by atoms with Gasteiger partial charge in [-0.05, 0) is 12.8 Å². The van der Waals surface area contributed by atoms with Crippen LogP contribution < -0.4 is 5.32 Å². The molecule has 0 aromatic carbocycles. The molecule has 0 aromatic rings. The van der Waals surface area contributed by atoms with Gasteiger partial charge in [0, 0.05) is 18.7 Å². The lowest BCUT2D eigenvalue weighted by atomic mass is 10.1. The summed E-state index contributed by atoms with van der Waals surface area (Å²) in [7, 11) is -3.03. The Morgan fingerprint density at radius 2 is 1.75 bits per heavy atom. The molecule has 0 heterocycles. The zero-order valence-corrected chi connectivity index (χ0v) is 10.7. The molecule has 0 atom stereocenters. The van der Waals surface area contributed by atoms with Crippen LogP contribution in [0.3, 0.4) is 0 Å². The molecule has 0 spiro atoms. The van der Waals surface area contributed by atoms with Crippen molar-refractivity contribution in [1.82, 2.24) is 5.32 Å². The Bertz CT molecular complexity index is 316. The molecule has 16 heavy (non-hydrogen) atoms. The van der Waals surface area contributed by atoms with Gasteiger partial charge >= 0.3 is 0 Å². The first-order chi connectivity index (χ1) is 7.47. The number of rotatable bonds is 4. The highest BCUT2D eigenvalue weighted by Crippen LogP contribution is 2.17. The molecule has 1 saturated carbocycles. The Morgan fingerprint density at radius 1 is 1.19 bits per heavy atom. The van der Waals surface area contributed by atoms with Crippen LogP contribution in [0.25, 0.3) is 0 Å². The smallest absolute Gasteiger partial charge is 0.221 e. The van der Waals surface area contributed by atoms with Crippen molar-refractivity contribution in [3.05, 3.63) is 0 Å². The minimum atomic E-state index is -3.03. The summed E-state index contributed by atoms with van der Waals surface area (Å²) in [6, 6.07) is 0.259. The molecule has 0 aliphatic heterocycles. The van der Waals surface area contributed by atoms with E-state index in [1.807, 2.05) is 0 Å². The molecule has 0 saturated heterocycles. The topological polar surface area (TPSA) is 63.2 Å². The summed E-state index contributed by atoms with van der Waals surface area (Å²) < 4.78 is 21.8. The first-order valence-corrected chi connectivity index (χ1v) is 8.00. The van der Waals surface area contributed by atoms with Crippen LogP contribution in [0.2, 0.25) is 0 Å². The van der Waals surface area contributed by atoms with Gasteiger partial charge in [0.2, 0.25) is 5.91 Å². The molecule has 0 radical (unpaired) electrons. The van der Waals surface area contributed by atoms with E-state index in [2.05, 4.69) is 5.32 Å². The average Bonchev–Trinajstić information content (AvgIpc) is 2.42. The normalized spacial score (nSPS) is 19.1. The predicted octanol–water partition coefficient (Wildman–Crippen LogP) is 1.26. The van der Waals surface area contributed by atoms with Gasteiger partial charge in [0.25, 0.3) is 0 Å². The molecule has 0 bridgehead atoms. The molecule has 1 aliphatic carbocycles. The first-order valence-electron chi connectivity index (χ1n) is 5.94. The van der Waals surface area contributed by atoms with E-state index in [0.717, 1.165) is 31.9 Å². The molecule has 1 amide bonds. The number of carbonyl (C=O) groups excluding carboxylic acids is 1. The highest BCUT2D eigenvalue weighted by molar-refractivity contribution is 7.90. The Kier molecular flexibility index (Phi) is 5.25. The van der Waals surface area contributed by atoms with Crippen molar-refractivity contribution < 1.29 is 13.2 Å². The van der Waals surface area contributed by atoms with Crippen LogP contribution in [0.1, 0.15) is 44.9 Å². The molecule has 1 aliphatic rings. The molecule has 5 heteroatoms. The lowest BCUT2D eigenvalue weighted by Crippen LogP contribution is -2.35. The molecule has 1 fully saturated rings.